The van der Waals surface area contributed by atoms with Crippen molar-refractivity contribution >= 4 is 33.2 Å². The van der Waals surface area contributed by atoms with Crippen molar-refractivity contribution < 1.29 is 4.42 Å². The van der Waals surface area contributed by atoms with Crippen LogP contribution in [0.5, 0.6) is 0 Å². The number of hydrogen-bond donors (Lipinski definition) is 1. The van der Waals surface area contributed by atoms with Crippen LogP contribution >= 0.6 is 27.5 Å². The van der Waals surface area contributed by atoms with Crippen LogP contribution in [0.1, 0.15) is 5.89 Å². The second-order valence-electron chi connectivity index (χ2n) is 4.49. The lowest BCUT2D eigenvalue weighted by atomic mass is 10.2. The van der Waals surface area contributed by atoms with Gasteiger partial charge in [-0.25, -0.2) is 4.98 Å². The molecule has 0 aliphatic rings. The maximum absolute atomic E-state index is 5.98. The molecule has 1 heterocycles. The first kappa shape index (κ1) is 14.2. The molecule has 2 aromatic carbocycles. The third-order valence-corrected chi connectivity index (χ3v) is 3.66. The average molecular weight is 364 g/mol. The highest BCUT2D eigenvalue weighted by Crippen LogP contribution is 2.24. The van der Waals surface area contributed by atoms with Gasteiger partial charge in [-0.05, 0) is 30.3 Å². The van der Waals surface area contributed by atoms with Gasteiger partial charge in [0.1, 0.15) is 0 Å². The maximum Gasteiger partial charge on any atom is 0.214 e. The molecule has 5 heteroatoms. The van der Waals surface area contributed by atoms with E-state index in [0.29, 0.717) is 23.2 Å². The van der Waals surface area contributed by atoms with E-state index < -0.39 is 0 Å². The van der Waals surface area contributed by atoms with Crippen molar-refractivity contribution in [2.24, 2.45) is 0 Å². The molecular weight excluding hydrogens is 352 g/mol. The molecule has 1 aromatic heterocycles. The SMILES string of the molecule is Clc1cccc(-c2cnc(CNc3cccc(Br)c3)o2)c1. The molecule has 1 N–H and O–H groups in total. The lowest BCUT2D eigenvalue weighted by Crippen LogP contribution is -1.99. The summed E-state index contributed by atoms with van der Waals surface area (Å²) in [6.07, 6.45) is 1.71. The standard InChI is InChI=1S/C16H12BrClN2O/c17-12-4-2-6-14(8-12)19-10-16-20-9-15(21-16)11-3-1-5-13(18)7-11/h1-9,19H,10H2. The van der Waals surface area contributed by atoms with Crippen LogP contribution in [0.2, 0.25) is 5.02 Å². The normalized spacial score (nSPS) is 10.6. The largest absolute Gasteiger partial charge is 0.439 e. The highest BCUT2D eigenvalue weighted by Gasteiger charge is 2.06. The summed E-state index contributed by atoms with van der Waals surface area (Å²) in [7, 11) is 0. The van der Waals surface area contributed by atoms with Crippen LogP contribution in [-0.4, -0.2) is 4.98 Å². The van der Waals surface area contributed by atoms with E-state index in [1.54, 1.807) is 6.20 Å². The van der Waals surface area contributed by atoms with Crippen LogP contribution in [0.4, 0.5) is 5.69 Å². The summed E-state index contributed by atoms with van der Waals surface area (Å²) in [6, 6.07) is 15.5. The minimum Gasteiger partial charge on any atom is -0.439 e. The van der Waals surface area contributed by atoms with Gasteiger partial charge < -0.3 is 9.73 Å². The Morgan fingerprint density at radius 2 is 2.00 bits per heavy atom. The molecule has 0 aliphatic carbocycles. The molecule has 0 fully saturated rings. The zero-order valence-corrected chi connectivity index (χ0v) is 13.4. The van der Waals surface area contributed by atoms with E-state index in [2.05, 4.69) is 26.2 Å². The Bertz CT molecular complexity index is 757. The Hall–Kier alpha value is -1.78. The van der Waals surface area contributed by atoms with Gasteiger partial charge in [-0.1, -0.05) is 45.7 Å². The van der Waals surface area contributed by atoms with Crippen LogP contribution in [0.25, 0.3) is 11.3 Å². The van der Waals surface area contributed by atoms with Gasteiger partial charge in [-0.15, -0.1) is 0 Å². The average Bonchev–Trinajstić information content (AvgIpc) is 2.94. The number of nitrogens with one attached hydrogen (secondary N) is 1. The van der Waals surface area contributed by atoms with Gasteiger partial charge in [0, 0.05) is 20.7 Å². The van der Waals surface area contributed by atoms with Crippen molar-refractivity contribution in [1.82, 2.24) is 4.98 Å². The second-order valence-corrected chi connectivity index (χ2v) is 5.84. The molecule has 3 rings (SSSR count). The first-order chi connectivity index (χ1) is 10.2. The molecule has 3 nitrogen and oxygen atoms in total. The van der Waals surface area contributed by atoms with Crippen LogP contribution in [0.3, 0.4) is 0 Å². The summed E-state index contributed by atoms with van der Waals surface area (Å²) in [4.78, 5) is 4.28. The third kappa shape index (κ3) is 3.65. The number of benzene rings is 2. The monoisotopic (exact) mass is 362 g/mol. The van der Waals surface area contributed by atoms with Gasteiger partial charge in [0.15, 0.2) is 5.76 Å². The molecule has 0 saturated carbocycles. The summed E-state index contributed by atoms with van der Waals surface area (Å²) in [6.45, 7) is 0.525. The molecule has 0 spiro atoms. The number of aromatic nitrogens is 1. The fourth-order valence-corrected chi connectivity index (χ4v) is 2.53. The topological polar surface area (TPSA) is 38.1 Å². The third-order valence-electron chi connectivity index (χ3n) is 2.93. The van der Waals surface area contributed by atoms with Crippen molar-refractivity contribution in [3.05, 3.63) is 70.1 Å². The Balaban J connectivity index is 1.71. The van der Waals surface area contributed by atoms with E-state index in [1.807, 2.05) is 48.5 Å². The minimum atomic E-state index is 0.525. The van der Waals surface area contributed by atoms with Crippen molar-refractivity contribution in [3.8, 4) is 11.3 Å². The van der Waals surface area contributed by atoms with E-state index in [9.17, 15) is 0 Å². The van der Waals surface area contributed by atoms with E-state index >= 15 is 0 Å². The van der Waals surface area contributed by atoms with Crippen molar-refractivity contribution in [2.75, 3.05) is 5.32 Å². The van der Waals surface area contributed by atoms with Gasteiger partial charge in [-0.2, -0.15) is 0 Å². The fourth-order valence-electron chi connectivity index (χ4n) is 1.94. The van der Waals surface area contributed by atoms with Crippen molar-refractivity contribution in [1.29, 1.82) is 0 Å². The maximum atomic E-state index is 5.98. The predicted octanol–water partition coefficient (Wildman–Crippen LogP) is 5.37. The Morgan fingerprint density at radius 3 is 2.81 bits per heavy atom. The molecule has 0 aliphatic heterocycles. The molecule has 0 bridgehead atoms. The van der Waals surface area contributed by atoms with Gasteiger partial charge >= 0.3 is 0 Å². The molecule has 21 heavy (non-hydrogen) atoms. The molecule has 0 amide bonds. The summed E-state index contributed by atoms with van der Waals surface area (Å²) in [5.74, 6) is 1.34. The molecule has 0 unspecified atom stereocenters. The van der Waals surface area contributed by atoms with E-state index in [4.69, 9.17) is 16.0 Å². The summed E-state index contributed by atoms with van der Waals surface area (Å²) in [5, 5.41) is 3.94. The molecule has 0 saturated heterocycles. The van der Waals surface area contributed by atoms with Crippen LogP contribution in [0.15, 0.2) is 63.6 Å². The Kier molecular flexibility index (Phi) is 4.27. The van der Waals surface area contributed by atoms with E-state index in [0.717, 1.165) is 15.7 Å². The Labute approximate surface area is 136 Å². The van der Waals surface area contributed by atoms with E-state index in [1.165, 1.54) is 0 Å². The Morgan fingerprint density at radius 1 is 1.14 bits per heavy atom. The molecular formula is C16H12BrClN2O. The summed E-state index contributed by atoms with van der Waals surface area (Å²) in [5.41, 5.74) is 1.93. The first-order valence-electron chi connectivity index (χ1n) is 6.41. The zero-order valence-electron chi connectivity index (χ0n) is 11.0. The number of anilines is 1. The molecule has 3 aromatic rings. The number of halogens is 2. The summed E-state index contributed by atoms with van der Waals surface area (Å²) < 4.78 is 6.76. The number of rotatable bonds is 4. The van der Waals surface area contributed by atoms with Gasteiger partial charge in [0.05, 0.1) is 12.7 Å². The smallest absolute Gasteiger partial charge is 0.214 e. The molecule has 106 valence electrons. The quantitative estimate of drug-likeness (QED) is 0.677. The summed E-state index contributed by atoms with van der Waals surface area (Å²) >= 11 is 9.42. The number of hydrogen-bond acceptors (Lipinski definition) is 3. The first-order valence-corrected chi connectivity index (χ1v) is 7.58. The van der Waals surface area contributed by atoms with Gasteiger partial charge in [-0.3, -0.25) is 0 Å². The number of oxazole rings is 1. The van der Waals surface area contributed by atoms with Crippen LogP contribution in [0, 0.1) is 0 Å². The lowest BCUT2D eigenvalue weighted by molar-refractivity contribution is 0.516. The number of nitrogens with zero attached hydrogens (tertiary/aromatic N) is 1. The molecule has 0 atom stereocenters. The zero-order chi connectivity index (χ0) is 14.7. The van der Waals surface area contributed by atoms with Crippen LogP contribution in [-0.2, 0) is 6.54 Å². The second kappa shape index (κ2) is 6.33. The van der Waals surface area contributed by atoms with Crippen molar-refractivity contribution in [3.63, 3.8) is 0 Å². The van der Waals surface area contributed by atoms with Crippen LogP contribution < -0.4 is 5.32 Å². The fraction of sp³-hybridized carbons (Fsp3) is 0.0625. The van der Waals surface area contributed by atoms with Crippen molar-refractivity contribution in [2.45, 2.75) is 6.54 Å². The highest BCUT2D eigenvalue weighted by atomic mass is 79.9. The van der Waals surface area contributed by atoms with Gasteiger partial charge in [0.2, 0.25) is 5.89 Å². The minimum absolute atomic E-state index is 0.525. The predicted molar refractivity (Wildman–Crippen MR) is 88.4 cm³/mol. The van der Waals surface area contributed by atoms with E-state index in [-0.39, 0.29) is 0 Å². The van der Waals surface area contributed by atoms with Gasteiger partial charge in [0.25, 0.3) is 0 Å². The molecule has 0 radical (unpaired) electrons. The highest BCUT2D eigenvalue weighted by molar-refractivity contribution is 9.10. The lowest BCUT2D eigenvalue weighted by Gasteiger charge is -2.03.